The van der Waals surface area contributed by atoms with E-state index in [0.29, 0.717) is 0 Å². The molecule has 0 aliphatic heterocycles. The van der Waals surface area contributed by atoms with Gasteiger partial charge < -0.3 is 5.32 Å². The van der Waals surface area contributed by atoms with Gasteiger partial charge in [0.2, 0.25) is 0 Å². The van der Waals surface area contributed by atoms with Crippen LogP contribution in [0.1, 0.15) is 6.92 Å². The van der Waals surface area contributed by atoms with Gasteiger partial charge in [-0.2, -0.15) is 0 Å². The highest BCUT2D eigenvalue weighted by atomic mass is 127. The Balaban J connectivity index is 2.71. The van der Waals surface area contributed by atoms with Crippen molar-refractivity contribution in [2.45, 2.75) is 13.0 Å². The van der Waals surface area contributed by atoms with Crippen LogP contribution in [0.2, 0.25) is 0 Å². The molecule has 0 aromatic heterocycles. The van der Waals surface area contributed by atoms with E-state index >= 15 is 0 Å². The van der Waals surface area contributed by atoms with Gasteiger partial charge in [0.05, 0.1) is 6.04 Å². The SMILES string of the molecule is C#CC(C)Nc1cccc(I)c1. The molecule has 1 aromatic rings. The summed E-state index contributed by atoms with van der Waals surface area (Å²) < 4.78 is 1.21. The first-order chi connectivity index (χ1) is 5.72. The Labute approximate surface area is 86.7 Å². The number of anilines is 1. The van der Waals surface area contributed by atoms with Gasteiger partial charge in [-0.15, -0.1) is 6.42 Å². The maximum Gasteiger partial charge on any atom is 0.0845 e. The topological polar surface area (TPSA) is 12.0 Å². The molecule has 0 fully saturated rings. The van der Waals surface area contributed by atoms with Crippen molar-refractivity contribution < 1.29 is 0 Å². The average Bonchev–Trinajstić information content (AvgIpc) is 2.04. The van der Waals surface area contributed by atoms with Gasteiger partial charge in [-0.05, 0) is 47.7 Å². The standard InChI is InChI=1S/C10H10IN/c1-3-8(2)12-10-6-4-5-9(11)7-10/h1,4-8,12H,2H3. The van der Waals surface area contributed by atoms with Crippen LogP contribution in [-0.4, -0.2) is 6.04 Å². The van der Waals surface area contributed by atoms with Gasteiger partial charge >= 0.3 is 0 Å². The summed E-state index contributed by atoms with van der Waals surface area (Å²) >= 11 is 2.27. The molecule has 1 nitrogen and oxygen atoms in total. The van der Waals surface area contributed by atoms with E-state index in [0.717, 1.165) is 5.69 Å². The van der Waals surface area contributed by atoms with Crippen molar-refractivity contribution >= 4 is 28.3 Å². The van der Waals surface area contributed by atoms with Crippen LogP contribution in [0.4, 0.5) is 5.69 Å². The molecule has 0 aliphatic carbocycles. The maximum atomic E-state index is 5.24. The van der Waals surface area contributed by atoms with Crippen LogP contribution in [0.5, 0.6) is 0 Å². The molecule has 1 N–H and O–H groups in total. The van der Waals surface area contributed by atoms with E-state index in [9.17, 15) is 0 Å². The molecule has 0 saturated carbocycles. The first-order valence-electron chi connectivity index (χ1n) is 3.70. The Bertz CT molecular complexity index is 301. The fraction of sp³-hybridized carbons (Fsp3) is 0.200. The van der Waals surface area contributed by atoms with Crippen LogP contribution in [0, 0.1) is 15.9 Å². The molecule has 0 aliphatic rings. The first kappa shape index (κ1) is 9.40. The molecule has 1 rings (SSSR count). The van der Waals surface area contributed by atoms with Crippen molar-refractivity contribution in [3.63, 3.8) is 0 Å². The number of terminal acetylenes is 1. The molecule has 0 bridgehead atoms. The number of hydrogen-bond donors (Lipinski definition) is 1. The number of halogens is 1. The van der Waals surface area contributed by atoms with Gasteiger partial charge in [-0.3, -0.25) is 0 Å². The molecule has 0 radical (unpaired) electrons. The molecule has 62 valence electrons. The van der Waals surface area contributed by atoms with Crippen LogP contribution in [0.15, 0.2) is 24.3 Å². The summed E-state index contributed by atoms with van der Waals surface area (Å²) in [6, 6.07) is 8.22. The minimum Gasteiger partial charge on any atom is -0.372 e. The van der Waals surface area contributed by atoms with Crippen molar-refractivity contribution in [1.82, 2.24) is 0 Å². The molecule has 0 spiro atoms. The normalized spacial score (nSPS) is 11.8. The van der Waals surface area contributed by atoms with Crippen LogP contribution >= 0.6 is 22.6 Å². The van der Waals surface area contributed by atoms with Gasteiger partial charge in [-0.1, -0.05) is 12.0 Å². The minimum absolute atomic E-state index is 0.0863. The highest BCUT2D eigenvalue weighted by Gasteiger charge is 1.96. The first-order valence-corrected chi connectivity index (χ1v) is 4.78. The molecular weight excluding hydrogens is 261 g/mol. The molecule has 0 amide bonds. The van der Waals surface area contributed by atoms with Gasteiger partial charge in [0.1, 0.15) is 0 Å². The molecular formula is C10H10IN. The lowest BCUT2D eigenvalue weighted by molar-refractivity contribution is 1.03. The number of nitrogens with one attached hydrogen (secondary N) is 1. The second-order valence-electron chi connectivity index (χ2n) is 2.54. The molecule has 1 aromatic carbocycles. The summed E-state index contributed by atoms with van der Waals surface area (Å²) in [6.45, 7) is 1.96. The zero-order valence-electron chi connectivity index (χ0n) is 6.84. The average molecular weight is 271 g/mol. The number of rotatable bonds is 2. The quantitative estimate of drug-likeness (QED) is 0.644. The summed E-state index contributed by atoms with van der Waals surface area (Å²) in [7, 11) is 0. The summed E-state index contributed by atoms with van der Waals surface area (Å²) in [5.74, 6) is 2.62. The van der Waals surface area contributed by atoms with Crippen LogP contribution in [0.25, 0.3) is 0 Å². The smallest absolute Gasteiger partial charge is 0.0845 e. The lowest BCUT2D eigenvalue weighted by Crippen LogP contribution is -2.11. The second kappa shape index (κ2) is 4.36. The number of benzene rings is 1. The molecule has 1 atom stereocenters. The fourth-order valence-corrected chi connectivity index (χ4v) is 1.41. The van der Waals surface area contributed by atoms with Crippen molar-refractivity contribution in [3.8, 4) is 12.3 Å². The molecule has 0 heterocycles. The highest BCUT2D eigenvalue weighted by molar-refractivity contribution is 14.1. The predicted octanol–water partition coefficient (Wildman–Crippen LogP) is 2.72. The van der Waals surface area contributed by atoms with Crippen molar-refractivity contribution in [3.05, 3.63) is 27.8 Å². The summed E-state index contributed by atoms with van der Waals surface area (Å²) in [5.41, 5.74) is 1.08. The predicted molar refractivity (Wildman–Crippen MR) is 61.1 cm³/mol. The van der Waals surface area contributed by atoms with Crippen LogP contribution in [0.3, 0.4) is 0 Å². The van der Waals surface area contributed by atoms with Gasteiger partial charge in [0.15, 0.2) is 0 Å². The van der Waals surface area contributed by atoms with E-state index in [2.05, 4.69) is 39.9 Å². The van der Waals surface area contributed by atoms with Crippen molar-refractivity contribution in [1.29, 1.82) is 0 Å². The lowest BCUT2D eigenvalue weighted by atomic mass is 10.3. The van der Waals surface area contributed by atoms with Crippen LogP contribution in [-0.2, 0) is 0 Å². The lowest BCUT2D eigenvalue weighted by Gasteiger charge is -2.08. The largest absolute Gasteiger partial charge is 0.372 e. The van der Waals surface area contributed by atoms with E-state index in [1.165, 1.54) is 3.57 Å². The van der Waals surface area contributed by atoms with Gasteiger partial charge in [0.25, 0.3) is 0 Å². The van der Waals surface area contributed by atoms with Crippen molar-refractivity contribution in [2.75, 3.05) is 5.32 Å². The third kappa shape index (κ3) is 2.74. The van der Waals surface area contributed by atoms with Crippen molar-refractivity contribution in [2.24, 2.45) is 0 Å². The Kier molecular flexibility index (Phi) is 3.42. The summed E-state index contributed by atoms with van der Waals surface area (Å²) in [6.07, 6.45) is 5.24. The van der Waals surface area contributed by atoms with E-state index in [1.54, 1.807) is 0 Å². The molecule has 12 heavy (non-hydrogen) atoms. The molecule has 0 saturated heterocycles. The Morgan fingerprint density at radius 2 is 2.33 bits per heavy atom. The minimum atomic E-state index is 0.0863. The van der Waals surface area contributed by atoms with Crippen LogP contribution < -0.4 is 5.32 Å². The summed E-state index contributed by atoms with van der Waals surface area (Å²) in [4.78, 5) is 0. The summed E-state index contributed by atoms with van der Waals surface area (Å²) in [5, 5.41) is 3.19. The Morgan fingerprint density at radius 1 is 1.58 bits per heavy atom. The fourth-order valence-electron chi connectivity index (χ4n) is 0.870. The van der Waals surface area contributed by atoms with E-state index in [1.807, 2.05) is 25.1 Å². The van der Waals surface area contributed by atoms with E-state index < -0.39 is 0 Å². The zero-order chi connectivity index (χ0) is 8.97. The van der Waals surface area contributed by atoms with E-state index in [-0.39, 0.29) is 6.04 Å². The van der Waals surface area contributed by atoms with E-state index in [4.69, 9.17) is 6.42 Å². The third-order valence-corrected chi connectivity index (χ3v) is 2.13. The highest BCUT2D eigenvalue weighted by Crippen LogP contribution is 2.12. The maximum absolute atomic E-state index is 5.24. The monoisotopic (exact) mass is 271 g/mol. The Morgan fingerprint density at radius 3 is 2.92 bits per heavy atom. The number of hydrogen-bond acceptors (Lipinski definition) is 1. The second-order valence-corrected chi connectivity index (χ2v) is 3.79. The third-order valence-electron chi connectivity index (χ3n) is 1.46. The molecule has 1 unspecified atom stereocenters. The van der Waals surface area contributed by atoms with Gasteiger partial charge in [-0.25, -0.2) is 0 Å². The molecule has 2 heteroatoms. The zero-order valence-corrected chi connectivity index (χ0v) is 9.00. The van der Waals surface area contributed by atoms with Gasteiger partial charge in [0, 0.05) is 9.26 Å². The Hall–Kier alpha value is -0.690.